The van der Waals surface area contributed by atoms with E-state index >= 15 is 0 Å². The van der Waals surface area contributed by atoms with Crippen LogP contribution in [0.3, 0.4) is 0 Å². The van der Waals surface area contributed by atoms with E-state index in [1.807, 2.05) is 0 Å². The van der Waals surface area contributed by atoms with E-state index in [4.69, 9.17) is 9.47 Å². The number of Topliss-reactive ketones (excluding diaryl/α,β-unsaturated/α-hetero) is 1. The molecule has 5 nitrogen and oxygen atoms in total. The Labute approximate surface area is 166 Å². The van der Waals surface area contributed by atoms with E-state index < -0.39 is 0 Å². The number of carbonyl (C=O) groups excluding carboxylic acids is 1. The van der Waals surface area contributed by atoms with Crippen molar-refractivity contribution in [3.8, 4) is 11.8 Å². The van der Waals surface area contributed by atoms with Gasteiger partial charge in [-0.25, -0.2) is 0 Å². The second-order valence-electron chi connectivity index (χ2n) is 7.84. The van der Waals surface area contributed by atoms with Crippen molar-refractivity contribution in [3.63, 3.8) is 0 Å². The third-order valence-corrected chi connectivity index (χ3v) is 6.21. The number of ketones is 1. The van der Waals surface area contributed by atoms with Crippen LogP contribution in [0, 0.1) is 5.92 Å². The molecule has 148 valence electrons. The van der Waals surface area contributed by atoms with Crippen LogP contribution < -0.4 is 9.47 Å². The van der Waals surface area contributed by atoms with Gasteiger partial charge in [0.15, 0.2) is 5.78 Å². The van der Waals surface area contributed by atoms with Gasteiger partial charge < -0.3 is 9.47 Å². The number of carbonyl (C=O) groups is 1. The number of aromatic nitrogens is 1. The van der Waals surface area contributed by atoms with Gasteiger partial charge in [-0.05, 0) is 37.3 Å². The number of hydrogen-bond acceptors (Lipinski definition) is 5. The molecule has 0 N–H and O–H groups in total. The first-order chi connectivity index (χ1) is 13.7. The molecule has 2 saturated heterocycles. The van der Waals surface area contributed by atoms with Crippen LogP contribution in [0.5, 0.6) is 11.8 Å². The summed E-state index contributed by atoms with van der Waals surface area (Å²) in [6, 6.07) is 15.1. The molecule has 2 atom stereocenters. The summed E-state index contributed by atoms with van der Waals surface area (Å²) >= 11 is 0. The lowest BCUT2D eigenvalue weighted by Crippen LogP contribution is -2.52. The van der Waals surface area contributed by atoms with Gasteiger partial charge in [0.25, 0.3) is 0 Å². The minimum absolute atomic E-state index is 0.0337. The second kappa shape index (κ2) is 8.31. The molecule has 2 unspecified atom stereocenters. The monoisotopic (exact) mass is 380 g/mol. The first-order valence-electron chi connectivity index (χ1n) is 10.1. The standard InChI is InChI=1S/C23H28N2O3/c1-27-21-12-11-20(23(24-21)28-2)22(26)17-13-18-9-6-10-19(14-17)25(18)15-16-7-4-3-5-8-16/h3-5,7-8,11-12,17-19H,6,9-10,13-15H2,1-2H3. The Morgan fingerprint density at radius 2 is 1.75 bits per heavy atom. The van der Waals surface area contributed by atoms with Crippen molar-refractivity contribution < 1.29 is 14.3 Å². The summed E-state index contributed by atoms with van der Waals surface area (Å²) in [7, 11) is 3.11. The molecular formula is C23H28N2O3. The minimum Gasteiger partial charge on any atom is -0.481 e. The first kappa shape index (κ1) is 18.9. The largest absolute Gasteiger partial charge is 0.481 e. The Hall–Kier alpha value is -2.40. The van der Waals surface area contributed by atoms with Gasteiger partial charge in [-0.2, -0.15) is 4.98 Å². The molecule has 0 radical (unpaired) electrons. The Kier molecular flexibility index (Phi) is 5.62. The Morgan fingerprint density at radius 3 is 2.39 bits per heavy atom. The molecule has 1 aromatic carbocycles. The highest BCUT2D eigenvalue weighted by molar-refractivity contribution is 6.00. The normalized spacial score (nSPS) is 24.6. The quantitative estimate of drug-likeness (QED) is 0.706. The summed E-state index contributed by atoms with van der Waals surface area (Å²) in [6.07, 6.45) is 5.43. The minimum atomic E-state index is 0.0337. The summed E-state index contributed by atoms with van der Waals surface area (Å²) in [4.78, 5) is 20.2. The maximum Gasteiger partial charge on any atom is 0.227 e. The molecule has 4 rings (SSSR count). The zero-order chi connectivity index (χ0) is 19.5. The van der Waals surface area contributed by atoms with Gasteiger partial charge in [-0.1, -0.05) is 36.8 Å². The number of hydrogen-bond donors (Lipinski definition) is 0. The van der Waals surface area contributed by atoms with Crippen LogP contribution in [0.15, 0.2) is 42.5 Å². The smallest absolute Gasteiger partial charge is 0.227 e. The van der Waals surface area contributed by atoms with E-state index in [1.54, 1.807) is 26.4 Å². The zero-order valence-electron chi connectivity index (χ0n) is 16.6. The summed E-state index contributed by atoms with van der Waals surface area (Å²) in [5.74, 6) is 1.01. The van der Waals surface area contributed by atoms with Crippen LogP contribution in [0.2, 0.25) is 0 Å². The summed E-state index contributed by atoms with van der Waals surface area (Å²) in [5, 5.41) is 0. The fourth-order valence-electron chi connectivity index (χ4n) is 4.85. The van der Waals surface area contributed by atoms with Crippen LogP contribution in [0.4, 0.5) is 0 Å². The second-order valence-corrected chi connectivity index (χ2v) is 7.84. The summed E-state index contributed by atoms with van der Waals surface area (Å²) < 4.78 is 10.5. The van der Waals surface area contributed by atoms with Crippen molar-refractivity contribution in [2.24, 2.45) is 5.92 Å². The molecule has 3 heterocycles. The molecule has 0 saturated carbocycles. The van der Waals surface area contributed by atoms with E-state index in [0.717, 1.165) is 19.4 Å². The fourth-order valence-corrected chi connectivity index (χ4v) is 4.85. The van der Waals surface area contributed by atoms with Gasteiger partial charge in [0.2, 0.25) is 11.8 Å². The van der Waals surface area contributed by atoms with Gasteiger partial charge >= 0.3 is 0 Å². The van der Waals surface area contributed by atoms with Crippen molar-refractivity contribution in [1.29, 1.82) is 0 Å². The number of rotatable bonds is 6. The molecule has 2 aliphatic rings. The molecule has 2 aromatic rings. The van der Waals surface area contributed by atoms with Crippen molar-refractivity contribution >= 4 is 5.78 Å². The average molecular weight is 380 g/mol. The van der Waals surface area contributed by atoms with E-state index in [9.17, 15) is 4.79 Å². The Balaban J connectivity index is 1.52. The van der Waals surface area contributed by atoms with Crippen molar-refractivity contribution in [2.75, 3.05) is 14.2 Å². The van der Waals surface area contributed by atoms with Crippen LogP contribution in [-0.4, -0.2) is 42.0 Å². The zero-order valence-corrected chi connectivity index (χ0v) is 16.6. The topological polar surface area (TPSA) is 51.7 Å². The lowest BCUT2D eigenvalue weighted by Gasteiger charge is -2.48. The predicted octanol–water partition coefficient (Wildman–Crippen LogP) is 4.11. The molecular weight excluding hydrogens is 352 g/mol. The van der Waals surface area contributed by atoms with Gasteiger partial charge in [-0.3, -0.25) is 9.69 Å². The van der Waals surface area contributed by atoms with Gasteiger partial charge in [0.1, 0.15) is 0 Å². The summed E-state index contributed by atoms with van der Waals surface area (Å²) in [5.41, 5.74) is 1.92. The number of methoxy groups -OCH3 is 2. The highest BCUT2D eigenvalue weighted by Gasteiger charge is 2.41. The lowest BCUT2D eigenvalue weighted by molar-refractivity contribution is 0.00897. The van der Waals surface area contributed by atoms with E-state index in [1.165, 1.54) is 24.8 Å². The molecule has 2 aliphatic heterocycles. The molecule has 1 aromatic heterocycles. The molecule has 28 heavy (non-hydrogen) atoms. The highest BCUT2D eigenvalue weighted by Crippen LogP contribution is 2.40. The first-order valence-corrected chi connectivity index (χ1v) is 10.1. The molecule has 5 heteroatoms. The maximum absolute atomic E-state index is 13.3. The summed E-state index contributed by atoms with van der Waals surface area (Å²) in [6.45, 7) is 0.977. The maximum atomic E-state index is 13.3. The number of pyridine rings is 1. The van der Waals surface area contributed by atoms with Gasteiger partial charge in [0.05, 0.1) is 19.8 Å². The van der Waals surface area contributed by atoms with Crippen LogP contribution >= 0.6 is 0 Å². The van der Waals surface area contributed by atoms with Crippen molar-refractivity contribution in [3.05, 3.63) is 53.6 Å². The molecule has 0 spiro atoms. The highest BCUT2D eigenvalue weighted by atomic mass is 16.5. The molecule has 0 amide bonds. The molecule has 2 bridgehead atoms. The Bertz CT molecular complexity index is 810. The number of piperidine rings is 2. The van der Waals surface area contributed by atoms with Gasteiger partial charge in [0, 0.05) is 30.6 Å². The van der Waals surface area contributed by atoms with Crippen molar-refractivity contribution in [2.45, 2.75) is 50.7 Å². The number of fused-ring (bicyclic) bond motifs is 2. The number of benzene rings is 1. The molecule has 2 fully saturated rings. The Morgan fingerprint density at radius 1 is 1.04 bits per heavy atom. The third kappa shape index (κ3) is 3.76. The predicted molar refractivity (Wildman–Crippen MR) is 108 cm³/mol. The lowest BCUT2D eigenvalue weighted by atomic mass is 9.75. The van der Waals surface area contributed by atoms with Crippen LogP contribution in [0.1, 0.15) is 48.0 Å². The fraction of sp³-hybridized carbons (Fsp3) is 0.478. The van der Waals surface area contributed by atoms with Crippen molar-refractivity contribution in [1.82, 2.24) is 9.88 Å². The van der Waals surface area contributed by atoms with E-state index in [2.05, 4.69) is 40.2 Å². The van der Waals surface area contributed by atoms with Crippen LogP contribution in [0.25, 0.3) is 0 Å². The SMILES string of the molecule is COc1ccc(C(=O)C2CC3CCCC(C2)N3Cc2ccccc2)c(OC)n1. The van der Waals surface area contributed by atoms with E-state index in [0.29, 0.717) is 29.4 Å². The van der Waals surface area contributed by atoms with E-state index in [-0.39, 0.29) is 11.7 Å². The number of nitrogens with zero attached hydrogens (tertiary/aromatic N) is 2. The van der Waals surface area contributed by atoms with Crippen LogP contribution in [-0.2, 0) is 6.54 Å². The third-order valence-electron chi connectivity index (χ3n) is 6.21. The van der Waals surface area contributed by atoms with Gasteiger partial charge in [-0.15, -0.1) is 0 Å². The average Bonchev–Trinajstić information content (AvgIpc) is 2.73. The molecule has 0 aliphatic carbocycles. The number of ether oxygens (including phenoxy) is 2.